The highest BCUT2D eigenvalue weighted by Crippen LogP contribution is 2.32. The summed E-state index contributed by atoms with van der Waals surface area (Å²) in [6.45, 7) is 4.42. The summed E-state index contributed by atoms with van der Waals surface area (Å²) in [5.74, 6) is 0.794. The fourth-order valence-corrected chi connectivity index (χ4v) is 3.95. The van der Waals surface area contributed by atoms with Crippen molar-refractivity contribution in [2.24, 2.45) is 5.92 Å². The maximum Gasteiger partial charge on any atom is 0.344 e. The molecule has 6 nitrogen and oxygen atoms in total. The zero-order chi connectivity index (χ0) is 25.5. The molecule has 7 heteroatoms. The molecule has 1 unspecified atom stereocenters. The number of carboxylic acid groups (broad SMARTS) is 1. The molecule has 1 heterocycles. The molecule has 0 aliphatic carbocycles. The van der Waals surface area contributed by atoms with E-state index in [1.807, 2.05) is 80.6 Å². The number of pyridine rings is 1. The van der Waals surface area contributed by atoms with Crippen molar-refractivity contribution < 1.29 is 24.1 Å². The molecular weight excluding hydrogens is 478 g/mol. The van der Waals surface area contributed by atoms with Gasteiger partial charge in [-0.25, -0.2) is 9.78 Å². The highest BCUT2D eigenvalue weighted by Gasteiger charge is 2.23. The molecule has 1 N–H and O–H groups in total. The van der Waals surface area contributed by atoms with Crippen molar-refractivity contribution in [3.8, 4) is 17.2 Å². The van der Waals surface area contributed by atoms with E-state index in [4.69, 9.17) is 25.8 Å². The van der Waals surface area contributed by atoms with E-state index in [0.29, 0.717) is 40.9 Å². The van der Waals surface area contributed by atoms with Gasteiger partial charge in [0.25, 0.3) is 0 Å². The van der Waals surface area contributed by atoms with Gasteiger partial charge in [-0.2, -0.15) is 0 Å². The number of hydrogen-bond acceptors (Lipinski definition) is 5. The van der Waals surface area contributed by atoms with Gasteiger partial charge in [0.15, 0.2) is 6.10 Å². The zero-order valence-electron chi connectivity index (χ0n) is 20.2. The molecule has 0 radical (unpaired) electrons. The standard InChI is InChI=1S/C29H28ClNO5/c1-19(2)16-27(29(32)33)36-28-21(7-5-8-25(28)30)17-34-23-12-14-24(15-13-23)35-18-22-11-10-20-6-3-4-9-26(20)31-22/h3-15,19,27H,16-18H2,1-2H3,(H,32,33). The summed E-state index contributed by atoms with van der Waals surface area (Å²) in [6, 6.07) is 24.5. The lowest BCUT2D eigenvalue weighted by Gasteiger charge is -2.20. The third-order valence-electron chi connectivity index (χ3n) is 5.53. The molecule has 1 atom stereocenters. The number of hydrogen-bond donors (Lipinski definition) is 1. The van der Waals surface area contributed by atoms with E-state index in [9.17, 15) is 9.90 Å². The van der Waals surface area contributed by atoms with Gasteiger partial charge in [-0.3, -0.25) is 0 Å². The Balaban J connectivity index is 1.37. The largest absolute Gasteiger partial charge is 0.489 e. The first-order valence-electron chi connectivity index (χ1n) is 11.8. The summed E-state index contributed by atoms with van der Waals surface area (Å²) in [5, 5.41) is 11.0. The van der Waals surface area contributed by atoms with Crippen LogP contribution in [0.2, 0.25) is 5.02 Å². The minimum atomic E-state index is -1.02. The predicted octanol–water partition coefficient (Wildman–Crippen LogP) is 6.92. The van der Waals surface area contributed by atoms with E-state index in [2.05, 4.69) is 4.98 Å². The number of ether oxygens (including phenoxy) is 3. The highest BCUT2D eigenvalue weighted by atomic mass is 35.5. The quantitative estimate of drug-likeness (QED) is 0.238. The average molecular weight is 506 g/mol. The van der Waals surface area contributed by atoms with Crippen LogP contribution >= 0.6 is 11.6 Å². The Morgan fingerprint density at radius 3 is 2.28 bits per heavy atom. The molecule has 4 rings (SSSR count). The number of benzene rings is 3. The second-order valence-corrected chi connectivity index (χ2v) is 9.25. The Morgan fingerprint density at radius 2 is 1.58 bits per heavy atom. The van der Waals surface area contributed by atoms with E-state index in [-0.39, 0.29) is 12.5 Å². The van der Waals surface area contributed by atoms with Gasteiger partial charge in [-0.1, -0.05) is 61.8 Å². The molecule has 4 aromatic rings. The topological polar surface area (TPSA) is 77.9 Å². The van der Waals surface area contributed by atoms with E-state index < -0.39 is 12.1 Å². The van der Waals surface area contributed by atoms with Gasteiger partial charge in [0.1, 0.15) is 30.5 Å². The Kier molecular flexibility index (Phi) is 8.28. The van der Waals surface area contributed by atoms with Gasteiger partial charge in [-0.05, 0) is 54.8 Å². The number of aliphatic carboxylic acids is 1. The van der Waals surface area contributed by atoms with Gasteiger partial charge >= 0.3 is 5.97 Å². The fraction of sp³-hybridized carbons (Fsp3) is 0.241. The first-order chi connectivity index (χ1) is 17.4. The molecule has 186 valence electrons. The number of halogens is 1. The van der Waals surface area contributed by atoms with Crippen molar-refractivity contribution >= 4 is 28.5 Å². The lowest BCUT2D eigenvalue weighted by Crippen LogP contribution is -2.29. The predicted molar refractivity (Wildman–Crippen MR) is 140 cm³/mol. The Morgan fingerprint density at radius 1 is 0.889 bits per heavy atom. The lowest BCUT2D eigenvalue weighted by atomic mass is 10.1. The molecular formula is C29H28ClNO5. The minimum absolute atomic E-state index is 0.158. The van der Waals surface area contributed by atoms with Crippen molar-refractivity contribution in [1.29, 1.82) is 0 Å². The molecule has 36 heavy (non-hydrogen) atoms. The maximum absolute atomic E-state index is 11.7. The number of carboxylic acids is 1. The Labute approximate surface area is 215 Å². The molecule has 0 saturated carbocycles. The summed E-state index contributed by atoms with van der Waals surface area (Å²) in [5.41, 5.74) is 2.45. The molecule has 0 amide bonds. The van der Waals surface area contributed by atoms with Crippen molar-refractivity contribution in [1.82, 2.24) is 4.98 Å². The third kappa shape index (κ3) is 6.67. The van der Waals surface area contributed by atoms with Gasteiger partial charge in [0.2, 0.25) is 0 Å². The number of rotatable bonds is 11. The van der Waals surface area contributed by atoms with E-state index in [1.165, 1.54) is 0 Å². The molecule has 0 bridgehead atoms. The van der Waals surface area contributed by atoms with Gasteiger partial charge in [0, 0.05) is 10.9 Å². The molecule has 0 spiro atoms. The normalized spacial score (nSPS) is 11.9. The Bertz CT molecular complexity index is 1320. The van der Waals surface area contributed by atoms with E-state index in [0.717, 1.165) is 16.6 Å². The van der Waals surface area contributed by atoms with Crippen LogP contribution in [0.25, 0.3) is 10.9 Å². The maximum atomic E-state index is 11.7. The average Bonchev–Trinajstić information content (AvgIpc) is 2.87. The third-order valence-corrected chi connectivity index (χ3v) is 5.83. The van der Waals surface area contributed by atoms with Crippen LogP contribution in [-0.4, -0.2) is 22.2 Å². The zero-order valence-corrected chi connectivity index (χ0v) is 20.9. The summed E-state index contributed by atoms with van der Waals surface area (Å²) in [7, 11) is 0. The van der Waals surface area contributed by atoms with Gasteiger partial charge in [0.05, 0.1) is 16.2 Å². The van der Waals surface area contributed by atoms with E-state index in [1.54, 1.807) is 12.1 Å². The molecule has 0 saturated heterocycles. The second kappa shape index (κ2) is 11.8. The fourth-order valence-electron chi connectivity index (χ4n) is 3.71. The molecule has 1 aromatic heterocycles. The van der Waals surface area contributed by atoms with Gasteiger partial charge in [-0.15, -0.1) is 0 Å². The van der Waals surface area contributed by atoms with Crippen molar-refractivity contribution in [2.45, 2.75) is 39.6 Å². The van der Waals surface area contributed by atoms with Crippen molar-refractivity contribution in [3.05, 3.63) is 95.1 Å². The van der Waals surface area contributed by atoms with Gasteiger partial charge < -0.3 is 19.3 Å². The van der Waals surface area contributed by atoms with Crippen molar-refractivity contribution in [3.63, 3.8) is 0 Å². The number of aromatic nitrogens is 1. The van der Waals surface area contributed by atoms with Crippen LogP contribution < -0.4 is 14.2 Å². The smallest absolute Gasteiger partial charge is 0.344 e. The summed E-state index contributed by atoms with van der Waals surface area (Å²) in [6.07, 6.45) is -0.617. The lowest BCUT2D eigenvalue weighted by molar-refractivity contribution is -0.145. The number of fused-ring (bicyclic) bond motifs is 1. The van der Waals surface area contributed by atoms with Crippen LogP contribution in [-0.2, 0) is 18.0 Å². The SMILES string of the molecule is CC(C)CC(Oc1c(Cl)cccc1COc1ccc(OCc2ccc3ccccc3n2)cc1)C(=O)O. The van der Waals surface area contributed by atoms with Crippen LogP contribution in [0.15, 0.2) is 78.9 Å². The van der Waals surface area contributed by atoms with Crippen LogP contribution in [0.1, 0.15) is 31.5 Å². The van der Waals surface area contributed by atoms with Crippen LogP contribution in [0.4, 0.5) is 0 Å². The van der Waals surface area contributed by atoms with Crippen LogP contribution in [0.5, 0.6) is 17.2 Å². The number of nitrogens with zero attached hydrogens (tertiary/aromatic N) is 1. The van der Waals surface area contributed by atoms with Crippen LogP contribution in [0.3, 0.4) is 0 Å². The van der Waals surface area contributed by atoms with Crippen molar-refractivity contribution in [2.75, 3.05) is 0 Å². The molecule has 0 fully saturated rings. The first kappa shape index (κ1) is 25.3. The monoisotopic (exact) mass is 505 g/mol. The first-order valence-corrected chi connectivity index (χ1v) is 12.1. The van der Waals surface area contributed by atoms with E-state index >= 15 is 0 Å². The number of carbonyl (C=O) groups is 1. The Hall–Kier alpha value is -3.77. The molecule has 0 aliphatic rings. The van der Waals surface area contributed by atoms with Crippen LogP contribution in [0, 0.1) is 5.92 Å². The summed E-state index contributed by atoms with van der Waals surface area (Å²) in [4.78, 5) is 16.3. The molecule has 0 aliphatic heterocycles. The second-order valence-electron chi connectivity index (χ2n) is 8.85. The summed E-state index contributed by atoms with van der Waals surface area (Å²) >= 11 is 6.34. The number of para-hydroxylation sites is 2. The highest BCUT2D eigenvalue weighted by molar-refractivity contribution is 6.32. The summed E-state index contributed by atoms with van der Waals surface area (Å²) < 4.78 is 17.6. The minimum Gasteiger partial charge on any atom is -0.489 e. The molecule has 3 aromatic carbocycles.